The van der Waals surface area contributed by atoms with Crippen molar-refractivity contribution >= 4 is 17.7 Å². The molecule has 0 unspecified atom stereocenters. The third-order valence-electron chi connectivity index (χ3n) is 3.63. The first-order valence-electron chi connectivity index (χ1n) is 7.73. The molecule has 0 saturated carbocycles. The van der Waals surface area contributed by atoms with Crippen LogP contribution >= 0.6 is 0 Å². The first-order chi connectivity index (χ1) is 11.1. The molecular weight excluding hydrogens is 312 g/mol. The van der Waals surface area contributed by atoms with E-state index in [0.717, 1.165) is 0 Å². The van der Waals surface area contributed by atoms with E-state index in [4.69, 9.17) is 19.9 Å². The Morgan fingerprint density at radius 1 is 1.25 bits per heavy atom. The molecule has 1 fully saturated rings. The molecule has 1 aliphatic heterocycles. The number of carbonyl (C=O) groups excluding carboxylic acids is 2. The van der Waals surface area contributed by atoms with Gasteiger partial charge in [0, 0.05) is 11.8 Å². The number of nitrogens with zero attached hydrogens (tertiary/aromatic N) is 1. The number of rotatable bonds is 3. The lowest BCUT2D eigenvalue weighted by atomic mass is 10.1. The van der Waals surface area contributed by atoms with E-state index in [9.17, 15) is 9.59 Å². The summed E-state index contributed by atoms with van der Waals surface area (Å²) in [6.45, 7) is 8.07. The SMILES string of the molecule is COC(=O)c1cc(OC2CN(C(=O)OC(C)(C)C)C2)cc(N)c1C. The first-order valence-corrected chi connectivity index (χ1v) is 7.73. The highest BCUT2D eigenvalue weighted by Gasteiger charge is 2.35. The molecule has 7 nitrogen and oxygen atoms in total. The zero-order chi connectivity index (χ0) is 18.1. The molecule has 0 aromatic heterocycles. The second-order valence-electron chi connectivity index (χ2n) is 6.80. The van der Waals surface area contributed by atoms with Gasteiger partial charge in [-0.1, -0.05) is 0 Å². The lowest BCUT2D eigenvalue weighted by Gasteiger charge is -2.39. The molecule has 0 atom stereocenters. The third kappa shape index (κ3) is 4.10. The molecule has 1 aromatic rings. The lowest BCUT2D eigenvalue weighted by Crippen LogP contribution is -2.57. The minimum atomic E-state index is -0.524. The monoisotopic (exact) mass is 336 g/mol. The number of esters is 1. The average Bonchev–Trinajstić information content (AvgIpc) is 2.42. The Kier molecular flexibility index (Phi) is 4.91. The second kappa shape index (κ2) is 6.59. The van der Waals surface area contributed by atoms with Crippen LogP contribution in [0.4, 0.5) is 10.5 Å². The van der Waals surface area contributed by atoms with E-state index < -0.39 is 11.6 Å². The van der Waals surface area contributed by atoms with Crippen LogP contribution in [0.25, 0.3) is 0 Å². The first kappa shape index (κ1) is 17.9. The van der Waals surface area contributed by atoms with Crippen molar-refractivity contribution in [2.75, 3.05) is 25.9 Å². The van der Waals surface area contributed by atoms with E-state index in [1.807, 2.05) is 20.8 Å². The molecule has 2 N–H and O–H groups in total. The molecule has 1 aromatic carbocycles. The largest absolute Gasteiger partial charge is 0.487 e. The fraction of sp³-hybridized carbons (Fsp3) is 0.529. The van der Waals surface area contributed by atoms with Gasteiger partial charge in [-0.2, -0.15) is 0 Å². The van der Waals surface area contributed by atoms with Crippen LogP contribution in [0.3, 0.4) is 0 Å². The van der Waals surface area contributed by atoms with Crippen molar-refractivity contribution in [3.63, 3.8) is 0 Å². The molecule has 0 radical (unpaired) electrons. The molecule has 24 heavy (non-hydrogen) atoms. The fourth-order valence-corrected chi connectivity index (χ4v) is 2.28. The maximum absolute atomic E-state index is 11.9. The van der Waals surface area contributed by atoms with Gasteiger partial charge in [-0.05, 0) is 39.3 Å². The maximum atomic E-state index is 11.9. The molecule has 2 rings (SSSR count). The van der Waals surface area contributed by atoms with Gasteiger partial charge in [0.25, 0.3) is 0 Å². The fourth-order valence-electron chi connectivity index (χ4n) is 2.28. The van der Waals surface area contributed by atoms with Gasteiger partial charge in [-0.3, -0.25) is 0 Å². The topological polar surface area (TPSA) is 91.1 Å². The van der Waals surface area contributed by atoms with Crippen molar-refractivity contribution in [2.24, 2.45) is 0 Å². The number of anilines is 1. The number of amides is 1. The molecule has 132 valence electrons. The smallest absolute Gasteiger partial charge is 0.410 e. The van der Waals surface area contributed by atoms with Crippen LogP contribution in [0, 0.1) is 6.92 Å². The zero-order valence-corrected chi connectivity index (χ0v) is 14.7. The lowest BCUT2D eigenvalue weighted by molar-refractivity contribution is -0.0221. The zero-order valence-electron chi connectivity index (χ0n) is 14.7. The third-order valence-corrected chi connectivity index (χ3v) is 3.63. The number of benzene rings is 1. The summed E-state index contributed by atoms with van der Waals surface area (Å²) in [6, 6.07) is 3.27. The van der Waals surface area contributed by atoms with Crippen molar-refractivity contribution in [3.8, 4) is 5.75 Å². The second-order valence-corrected chi connectivity index (χ2v) is 6.80. The van der Waals surface area contributed by atoms with Crippen molar-refractivity contribution < 1.29 is 23.8 Å². The van der Waals surface area contributed by atoms with Crippen molar-refractivity contribution in [1.29, 1.82) is 0 Å². The molecule has 1 aliphatic rings. The number of carbonyl (C=O) groups is 2. The highest BCUT2D eigenvalue weighted by Crippen LogP contribution is 2.27. The molecule has 0 aliphatic carbocycles. The van der Waals surface area contributed by atoms with Crippen LogP contribution in [0.5, 0.6) is 5.75 Å². The van der Waals surface area contributed by atoms with Crippen molar-refractivity contribution in [3.05, 3.63) is 23.3 Å². The van der Waals surface area contributed by atoms with Gasteiger partial charge in [0.1, 0.15) is 17.5 Å². The summed E-state index contributed by atoms with van der Waals surface area (Å²) in [5.41, 5.74) is 6.87. The summed E-state index contributed by atoms with van der Waals surface area (Å²) in [5, 5.41) is 0. The summed E-state index contributed by atoms with van der Waals surface area (Å²) in [6.07, 6.45) is -0.522. The number of likely N-dealkylation sites (tertiary alicyclic amines) is 1. The van der Waals surface area contributed by atoms with Gasteiger partial charge < -0.3 is 24.8 Å². The van der Waals surface area contributed by atoms with Gasteiger partial charge >= 0.3 is 12.1 Å². The molecule has 1 heterocycles. The van der Waals surface area contributed by atoms with Gasteiger partial charge in [-0.25, -0.2) is 9.59 Å². The van der Waals surface area contributed by atoms with E-state index in [2.05, 4.69) is 0 Å². The summed E-state index contributed by atoms with van der Waals surface area (Å²) in [7, 11) is 1.32. The predicted octanol–water partition coefficient (Wildman–Crippen LogP) is 2.36. The van der Waals surface area contributed by atoms with Crippen LogP contribution in [0.2, 0.25) is 0 Å². The van der Waals surface area contributed by atoms with Crippen molar-refractivity contribution in [1.82, 2.24) is 4.90 Å². The van der Waals surface area contributed by atoms with E-state index in [0.29, 0.717) is 35.7 Å². The summed E-state index contributed by atoms with van der Waals surface area (Å²) in [5.74, 6) is 0.0148. The van der Waals surface area contributed by atoms with E-state index in [1.54, 1.807) is 24.0 Å². The number of ether oxygens (including phenoxy) is 3. The minimum Gasteiger partial charge on any atom is -0.487 e. The van der Waals surface area contributed by atoms with E-state index >= 15 is 0 Å². The molecule has 0 bridgehead atoms. The van der Waals surface area contributed by atoms with Crippen LogP contribution in [-0.2, 0) is 9.47 Å². The highest BCUT2D eigenvalue weighted by molar-refractivity contribution is 5.93. The van der Waals surface area contributed by atoms with Crippen LogP contribution in [0.1, 0.15) is 36.7 Å². The molecule has 1 saturated heterocycles. The molecular formula is C17H24N2O5. The summed E-state index contributed by atoms with van der Waals surface area (Å²) < 4.78 is 15.8. The highest BCUT2D eigenvalue weighted by atomic mass is 16.6. The maximum Gasteiger partial charge on any atom is 0.410 e. The van der Waals surface area contributed by atoms with Crippen LogP contribution in [-0.4, -0.2) is 48.9 Å². The Morgan fingerprint density at radius 3 is 2.42 bits per heavy atom. The number of hydrogen-bond acceptors (Lipinski definition) is 6. The number of methoxy groups -OCH3 is 1. The Bertz CT molecular complexity index is 645. The Hall–Kier alpha value is -2.44. The van der Waals surface area contributed by atoms with Crippen molar-refractivity contribution in [2.45, 2.75) is 39.4 Å². The van der Waals surface area contributed by atoms with Gasteiger partial charge in [0.15, 0.2) is 0 Å². The Balaban J connectivity index is 1.98. The minimum absolute atomic E-state index is 0.162. The average molecular weight is 336 g/mol. The predicted molar refractivity (Wildman–Crippen MR) is 89.2 cm³/mol. The normalized spacial score (nSPS) is 14.8. The number of nitrogens with two attached hydrogens (primary N) is 1. The Morgan fingerprint density at radius 2 is 1.88 bits per heavy atom. The molecule has 0 spiro atoms. The van der Waals surface area contributed by atoms with E-state index in [-0.39, 0.29) is 12.2 Å². The molecule has 1 amide bonds. The van der Waals surface area contributed by atoms with E-state index in [1.165, 1.54) is 7.11 Å². The summed E-state index contributed by atoms with van der Waals surface area (Å²) >= 11 is 0. The number of hydrogen-bond donors (Lipinski definition) is 1. The van der Waals surface area contributed by atoms with Crippen LogP contribution in [0.15, 0.2) is 12.1 Å². The molecule has 7 heteroatoms. The van der Waals surface area contributed by atoms with Gasteiger partial charge in [-0.15, -0.1) is 0 Å². The quantitative estimate of drug-likeness (QED) is 0.673. The van der Waals surface area contributed by atoms with Gasteiger partial charge in [0.05, 0.1) is 25.8 Å². The Labute approximate surface area is 141 Å². The van der Waals surface area contributed by atoms with Crippen LogP contribution < -0.4 is 10.5 Å². The standard InChI is InChI=1S/C17H24N2O5/c1-10-13(15(20)22-5)6-11(7-14(10)18)23-12-8-19(9-12)16(21)24-17(2,3)4/h6-7,12H,8-9,18H2,1-5H3. The van der Waals surface area contributed by atoms with Gasteiger partial charge in [0.2, 0.25) is 0 Å². The number of nitrogen functional groups attached to an aromatic ring is 1. The summed E-state index contributed by atoms with van der Waals surface area (Å²) in [4.78, 5) is 25.2.